The number of morpholine rings is 1. The smallest absolute Gasteiger partial charge is 0.314 e. The Kier molecular flexibility index (Phi) is 6.36. The predicted octanol–water partition coefficient (Wildman–Crippen LogP) is 1.48. The molecule has 3 aliphatic rings. The first-order valence-corrected chi connectivity index (χ1v) is 9.72. The largest absolute Gasteiger partial charge is 0.393 e. The summed E-state index contributed by atoms with van der Waals surface area (Å²) in [4.78, 5) is 14.8. The van der Waals surface area contributed by atoms with E-state index in [1.165, 1.54) is 19.3 Å². The lowest BCUT2D eigenvalue weighted by atomic mass is 9.80. The van der Waals surface area contributed by atoms with Crippen molar-refractivity contribution in [1.82, 2.24) is 15.5 Å². The quantitative estimate of drug-likeness (QED) is 0.709. The Bertz CT molecular complexity index is 406. The van der Waals surface area contributed by atoms with Gasteiger partial charge >= 0.3 is 6.03 Å². The van der Waals surface area contributed by atoms with Gasteiger partial charge in [-0.3, -0.25) is 4.90 Å². The maximum Gasteiger partial charge on any atom is 0.314 e. The van der Waals surface area contributed by atoms with Crippen molar-refractivity contribution >= 4 is 6.03 Å². The van der Waals surface area contributed by atoms with Crippen molar-refractivity contribution in [3.05, 3.63) is 0 Å². The molecule has 3 fully saturated rings. The van der Waals surface area contributed by atoms with Gasteiger partial charge in [-0.2, -0.15) is 0 Å². The topological polar surface area (TPSA) is 73.8 Å². The van der Waals surface area contributed by atoms with E-state index in [9.17, 15) is 9.90 Å². The Morgan fingerprint density at radius 1 is 1.08 bits per heavy atom. The van der Waals surface area contributed by atoms with Gasteiger partial charge in [0.1, 0.15) is 0 Å². The van der Waals surface area contributed by atoms with Gasteiger partial charge in [-0.25, -0.2) is 4.79 Å². The van der Waals surface area contributed by atoms with Crippen LogP contribution in [0, 0.1) is 5.92 Å². The number of carbonyl (C=O) groups is 1. The summed E-state index contributed by atoms with van der Waals surface area (Å²) in [6.45, 7) is 4.83. The van der Waals surface area contributed by atoms with Crippen LogP contribution in [0.1, 0.15) is 51.4 Å². The van der Waals surface area contributed by atoms with E-state index in [-0.39, 0.29) is 23.6 Å². The van der Waals surface area contributed by atoms with Gasteiger partial charge in [-0.15, -0.1) is 0 Å². The predicted molar refractivity (Wildman–Crippen MR) is 93.0 cm³/mol. The molecule has 2 saturated carbocycles. The van der Waals surface area contributed by atoms with Gasteiger partial charge in [0.2, 0.25) is 0 Å². The number of urea groups is 1. The van der Waals surface area contributed by atoms with E-state index in [1.54, 1.807) is 0 Å². The van der Waals surface area contributed by atoms with Gasteiger partial charge in [-0.05, 0) is 25.7 Å². The zero-order valence-electron chi connectivity index (χ0n) is 14.8. The SMILES string of the molecule is O=C(NCC1CCCC1O)NCC1(N2CCOCC2)CCCCC1. The van der Waals surface area contributed by atoms with Crippen LogP contribution in [-0.4, -0.2) is 67.1 Å². The fourth-order valence-corrected chi connectivity index (χ4v) is 4.64. The van der Waals surface area contributed by atoms with Crippen molar-refractivity contribution in [3.8, 4) is 0 Å². The fourth-order valence-electron chi connectivity index (χ4n) is 4.64. The number of hydrogen-bond acceptors (Lipinski definition) is 4. The summed E-state index contributed by atoms with van der Waals surface area (Å²) in [6.07, 6.45) is 8.82. The number of aliphatic hydroxyl groups is 1. The molecule has 6 nitrogen and oxygen atoms in total. The molecule has 1 aliphatic heterocycles. The van der Waals surface area contributed by atoms with Crippen LogP contribution >= 0.6 is 0 Å². The minimum Gasteiger partial charge on any atom is -0.393 e. The maximum atomic E-state index is 12.2. The average Bonchev–Trinajstić information content (AvgIpc) is 3.05. The Balaban J connectivity index is 1.48. The molecule has 0 spiro atoms. The van der Waals surface area contributed by atoms with Gasteiger partial charge in [0, 0.05) is 37.6 Å². The van der Waals surface area contributed by atoms with Crippen LogP contribution in [0.25, 0.3) is 0 Å². The average molecular weight is 339 g/mol. The molecule has 24 heavy (non-hydrogen) atoms. The van der Waals surface area contributed by atoms with Crippen LogP contribution in [0.5, 0.6) is 0 Å². The van der Waals surface area contributed by atoms with Crippen LogP contribution in [0.2, 0.25) is 0 Å². The lowest BCUT2D eigenvalue weighted by molar-refractivity contribution is -0.0357. The van der Waals surface area contributed by atoms with Crippen LogP contribution in [0.15, 0.2) is 0 Å². The number of carbonyl (C=O) groups excluding carboxylic acids is 1. The van der Waals surface area contributed by atoms with E-state index in [2.05, 4.69) is 15.5 Å². The second-order valence-corrected chi connectivity index (χ2v) is 7.71. The zero-order chi connectivity index (χ0) is 16.8. The van der Waals surface area contributed by atoms with Crippen LogP contribution < -0.4 is 10.6 Å². The number of hydrogen-bond donors (Lipinski definition) is 3. The minimum absolute atomic E-state index is 0.0905. The number of amides is 2. The van der Waals surface area contributed by atoms with E-state index in [4.69, 9.17) is 4.74 Å². The van der Waals surface area contributed by atoms with Gasteiger partial charge in [-0.1, -0.05) is 25.7 Å². The van der Waals surface area contributed by atoms with E-state index >= 15 is 0 Å². The molecule has 0 aromatic heterocycles. The Morgan fingerprint density at radius 2 is 1.83 bits per heavy atom. The van der Waals surface area contributed by atoms with E-state index in [0.29, 0.717) is 13.1 Å². The molecule has 0 bridgehead atoms. The van der Waals surface area contributed by atoms with Crippen LogP contribution in [-0.2, 0) is 4.74 Å². The first-order valence-electron chi connectivity index (χ1n) is 9.72. The highest BCUT2D eigenvalue weighted by atomic mass is 16.5. The number of rotatable bonds is 5. The maximum absolute atomic E-state index is 12.2. The lowest BCUT2D eigenvalue weighted by Crippen LogP contribution is -2.60. The summed E-state index contributed by atoms with van der Waals surface area (Å²) in [6, 6.07) is -0.0905. The monoisotopic (exact) mass is 339 g/mol. The molecule has 6 heteroatoms. The normalized spacial score (nSPS) is 30.9. The molecular formula is C18H33N3O3. The lowest BCUT2D eigenvalue weighted by Gasteiger charge is -2.48. The molecule has 2 aliphatic carbocycles. The third-order valence-corrected chi connectivity index (χ3v) is 6.19. The molecule has 0 aromatic carbocycles. The molecule has 3 rings (SSSR count). The zero-order valence-corrected chi connectivity index (χ0v) is 14.8. The Hall–Kier alpha value is -0.850. The van der Waals surface area contributed by atoms with Crippen molar-refractivity contribution in [2.75, 3.05) is 39.4 Å². The summed E-state index contributed by atoms with van der Waals surface area (Å²) in [5.74, 6) is 0.221. The Morgan fingerprint density at radius 3 is 2.50 bits per heavy atom. The molecule has 138 valence electrons. The van der Waals surface area contributed by atoms with Crippen LogP contribution in [0.4, 0.5) is 4.79 Å². The van der Waals surface area contributed by atoms with Crippen molar-refractivity contribution in [2.24, 2.45) is 5.92 Å². The third-order valence-electron chi connectivity index (χ3n) is 6.19. The van der Waals surface area contributed by atoms with Crippen molar-refractivity contribution in [2.45, 2.75) is 63.0 Å². The second-order valence-electron chi connectivity index (χ2n) is 7.71. The summed E-state index contributed by atoms with van der Waals surface area (Å²) in [5, 5.41) is 15.9. The summed E-state index contributed by atoms with van der Waals surface area (Å²) in [7, 11) is 0. The highest BCUT2D eigenvalue weighted by Gasteiger charge is 2.38. The fraction of sp³-hybridized carbons (Fsp3) is 0.944. The molecule has 3 N–H and O–H groups in total. The minimum atomic E-state index is -0.247. The van der Waals surface area contributed by atoms with Crippen LogP contribution in [0.3, 0.4) is 0 Å². The molecule has 2 unspecified atom stereocenters. The summed E-state index contributed by atoms with van der Waals surface area (Å²) in [5.41, 5.74) is 0.103. The van der Waals surface area contributed by atoms with E-state index < -0.39 is 0 Å². The van der Waals surface area contributed by atoms with Gasteiger partial charge in [0.15, 0.2) is 0 Å². The van der Waals surface area contributed by atoms with Gasteiger partial charge < -0.3 is 20.5 Å². The van der Waals surface area contributed by atoms with Gasteiger partial charge in [0.25, 0.3) is 0 Å². The molecule has 1 saturated heterocycles. The third kappa shape index (κ3) is 4.41. The molecule has 1 heterocycles. The summed E-state index contributed by atoms with van der Waals surface area (Å²) >= 11 is 0. The highest BCUT2D eigenvalue weighted by molar-refractivity contribution is 5.73. The summed E-state index contributed by atoms with van der Waals surface area (Å²) < 4.78 is 5.50. The first kappa shape index (κ1) is 18.0. The first-order chi connectivity index (χ1) is 11.7. The standard InChI is InChI=1S/C18H33N3O3/c22-16-6-4-5-15(16)13-19-17(23)20-14-18(7-2-1-3-8-18)21-9-11-24-12-10-21/h15-16,22H,1-14H2,(H2,19,20,23). The number of nitrogens with zero attached hydrogens (tertiary/aromatic N) is 1. The molecular weight excluding hydrogens is 306 g/mol. The molecule has 2 amide bonds. The number of nitrogens with one attached hydrogen (secondary N) is 2. The van der Waals surface area contributed by atoms with Crippen molar-refractivity contribution in [1.29, 1.82) is 0 Å². The van der Waals surface area contributed by atoms with Crippen molar-refractivity contribution < 1.29 is 14.6 Å². The Labute approximate surface area is 145 Å². The highest BCUT2D eigenvalue weighted by Crippen LogP contribution is 2.33. The second kappa shape index (κ2) is 8.50. The van der Waals surface area contributed by atoms with E-state index in [0.717, 1.165) is 58.4 Å². The molecule has 0 radical (unpaired) electrons. The number of ether oxygens (including phenoxy) is 1. The molecule has 0 aromatic rings. The number of aliphatic hydroxyl groups excluding tert-OH is 1. The van der Waals surface area contributed by atoms with E-state index in [1.807, 2.05) is 0 Å². The van der Waals surface area contributed by atoms with Gasteiger partial charge in [0.05, 0.1) is 19.3 Å². The molecule has 2 atom stereocenters. The van der Waals surface area contributed by atoms with Crippen molar-refractivity contribution in [3.63, 3.8) is 0 Å².